The summed E-state index contributed by atoms with van der Waals surface area (Å²) in [4.78, 5) is 13.9. The molecular formula is C13H24N2O2. The molecule has 1 aliphatic carbocycles. The van der Waals surface area contributed by atoms with Crippen LogP contribution < -0.4 is 5.73 Å². The van der Waals surface area contributed by atoms with E-state index < -0.39 is 5.60 Å². The van der Waals surface area contributed by atoms with Crippen LogP contribution in [0.1, 0.15) is 34.1 Å². The molecule has 2 heterocycles. The number of hydrogen-bond acceptors (Lipinski definition) is 3. The average Bonchev–Trinajstić information content (AvgIpc) is 2.71. The highest BCUT2D eigenvalue weighted by Gasteiger charge is 2.55. The van der Waals surface area contributed by atoms with Gasteiger partial charge >= 0.3 is 6.09 Å². The molecule has 0 aromatic rings. The fourth-order valence-corrected chi connectivity index (χ4v) is 3.19. The fraction of sp³-hybridized carbons (Fsp3) is 0.923. The first kappa shape index (κ1) is 12.7. The van der Waals surface area contributed by atoms with Gasteiger partial charge in [0.05, 0.1) is 0 Å². The second-order valence-corrected chi connectivity index (χ2v) is 6.49. The lowest BCUT2D eigenvalue weighted by atomic mass is 9.67. The minimum atomic E-state index is -0.404. The maximum atomic E-state index is 12.0. The minimum Gasteiger partial charge on any atom is -0.444 e. The molecular weight excluding hydrogens is 216 g/mol. The van der Waals surface area contributed by atoms with Crippen molar-refractivity contribution in [3.05, 3.63) is 0 Å². The van der Waals surface area contributed by atoms with Gasteiger partial charge in [-0.15, -0.1) is 0 Å². The Hall–Kier alpha value is -0.770. The first-order valence-electron chi connectivity index (χ1n) is 6.53. The van der Waals surface area contributed by atoms with Gasteiger partial charge in [-0.3, -0.25) is 0 Å². The van der Waals surface area contributed by atoms with Crippen molar-refractivity contribution >= 4 is 6.09 Å². The lowest BCUT2D eigenvalue weighted by Crippen LogP contribution is -2.46. The molecule has 1 amide bonds. The van der Waals surface area contributed by atoms with Crippen LogP contribution in [0.25, 0.3) is 0 Å². The Labute approximate surface area is 103 Å². The third-order valence-electron chi connectivity index (χ3n) is 4.02. The monoisotopic (exact) mass is 240 g/mol. The van der Waals surface area contributed by atoms with Gasteiger partial charge in [-0.05, 0) is 51.5 Å². The number of carbonyl (C=O) groups excluding carboxylic acids is 1. The molecule has 4 heteroatoms. The van der Waals surface area contributed by atoms with Crippen LogP contribution in [0.15, 0.2) is 0 Å². The third-order valence-corrected chi connectivity index (χ3v) is 4.02. The second-order valence-electron chi connectivity index (χ2n) is 6.49. The number of nitrogens with zero attached hydrogens (tertiary/aromatic N) is 1. The number of rotatable bonds is 2. The summed E-state index contributed by atoms with van der Waals surface area (Å²) in [5, 5.41) is 0. The zero-order valence-corrected chi connectivity index (χ0v) is 11.3. The highest BCUT2D eigenvalue weighted by atomic mass is 16.6. The summed E-state index contributed by atoms with van der Waals surface area (Å²) in [6.45, 7) is 9.47. The van der Waals surface area contributed by atoms with E-state index in [4.69, 9.17) is 10.5 Å². The van der Waals surface area contributed by atoms with Crippen LogP contribution in [-0.4, -0.2) is 35.7 Å². The minimum absolute atomic E-state index is 0.156. The van der Waals surface area contributed by atoms with Gasteiger partial charge in [0.15, 0.2) is 0 Å². The summed E-state index contributed by atoms with van der Waals surface area (Å²) in [5.41, 5.74) is 5.32. The zero-order chi connectivity index (χ0) is 12.8. The van der Waals surface area contributed by atoms with Crippen molar-refractivity contribution in [3.63, 3.8) is 0 Å². The highest BCUT2D eigenvalue weighted by Crippen LogP contribution is 2.50. The van der Waals surface area contributed by atoms with Crippen molar-refractivity contribution < 1.29 is 9.53 Å². The Balaban J connectivity index is 1.96. The highest BCUT2D eigenvalue weighted by molar-refractivity contribution is 5.69. The molecule has 0 aromatic carbocycles. The summed E-state index contributed by atoms with van der Waals surface area (Å²) in [6.07, 6.45) is 0.977. The van der Waals surface area contributed by atoms with Gasteiger partial charge in [0.2, 0.25) is 0 Å². The van der Waals surface area contributed by atoms with Gasteiger partial charge in [0.1, 0.15) is 5.60 Å². The van der Waals surface area contributed by atoms with Crippen molar-refractivity contribution in [1.82, 2.24) is 4.90 Å². The lowest BCUT2D eigenvalue weighted by Gasteiger charge is -2.40. The van der Waals surface area contributed by atoms with Crippen molar-refractivity contribution in [1.29, 1.82) is 0 Å². The van der Waals surface area contributed by atoms with Crippen LogP contribution in [0.4, 0.5) is 4.79 Å². The summed E-state index contributed by atoms with van der Waals surface area (Å²) in [6, 6.07) is 0.369. The van der Waals surface area contributed by atoms with Crippen LogP contribution in [0.3, 0.4) is 0 Å². The van der Waals surface area contributed by atoms with E-state index in [1.165, 1.54) is 0 Å². The van der Waals surface area contributed by atoms with Gasteiger partial charge in [-0.25, -0.2) is 4.79 Å². The van der Waals surface area contributed by atoms with Gasteiger partial charge in [-0.1, -0.05) is 6.92 Å². The molecule has 3 aliphatic rings. The van der Waals surface area contributed by atoms with Crippen LogP contribution in [0.5, 0.6) is 0 Å². The maximum Gasteiger partial charge on any atom is 0.410 e. The second kappa shape index (κ2) is 4.16. The first-order chi connectivity index (χ1) is 7.83. The van der Waals surface area contributed by atoms with E-state index in [-0.39, 0.29) is 6.09 Å². The number of fused-ring (bicyclic) bond motifs is 1. The van der Waals surface area contributed by atoms with E-state index in [9.17, 15) is 4.79 Å². The summed E-state index contributed by atoms with van der Waals surface area (Å²) < 4.78 is 5.44. The molecule has 3 rings (SSSR count). The van der Waals surface area contributed by atoms with Gasteiger partial charge in [0, 0.05) is 12.6 Å². The summed E-state index contributed by atoms with van der Waals surface area (Å²) in [5.74, 6) is 1.74. The van der Waals surface area contributed by atoms with E-state index in [0.29, 0.717) is 30.3 Å². The van der Waals surface area contributed by atoms with Gasteiger partial charge < -0.3 is 15.4 Å². The van der Waals surface area contributed by atoms with Crippen molar-refractivity contribution in [2.45, 2.75) is 45.8 Å². The topological polar surface area (TPSA) is 55.6 Å². The molecule has 4 atom stereocenters. The number of amides is 1. The molecule has 2 N–H and O–H groups in total. The lowest BCUT2D eigenvalue weighted by molar-refractivity contribution is 0.0167. The zero-order valence-electron chi connectivity index (χ0n) is 11.3. The third kappa shape index (κ3) is 2.28. The Morgan fingerprint density at radius 3 is 2.71 bits per heavy atom. The van der Waals surface area contributed by atoms with E-state index in [0.717, 1.165) is 13.0 Å². The number of carbonyl (C=O) groups is 1. The van der Waals surface area contributed by atoms with E-state index in [2.05, 4.69) is 6.92 Å². The Morgan fingerprint density at radius 1 is 1.53 bits per heavy atom. The Morgan fingerprint density at radius 2 is 2.18 bits per heavy atom. The number of hydrogen-bond donors (Lipinski definition) is 1. The standard InChI is InChI=1S/C13H24N2O2/c1-8(6-14)11-9-5-10(11)15(7-9)12(16)17-13(2,3)4/h8-11H,5-7,14H2,1-4H3/t8?,9-,10-,11?/m0/s1. The molecule has 3 fully saturated rings. The molecule has 1 saturated carbocycles. The van der Waals surface area contributed by atoms with E-state index in [1.54, 1.807) is 0 Å². The number of ether oxygens (including phenoxy) is 1. The molecule has 0 aromatic heterocycles. The molecule has 2 unspecified atom stereocenters. The Bertz CT molecular complexity index is 311. The molecule has 4 nitrogen and oxygen atoms in total. The molecule has 0 radical (unpaired) electrons. The first-order valence-corrected chi connectivity index (χ1v) is 6.53. The van der Waals surface area contributed by atoms with Crippen LogP contribution >= 0.6 is 0 Å². The summed E-state index contributed by atoms with van der Waals surface area (Å²) in [7, 11) is 0. The average molecular weight is 240 g/mol. The normalized spacial score (nSPS) is 33.2. The predicted molar refractivity (Wildman–Crippen MR) is 66.5 cm³/mol. The summed E-state index contributed by atoms with van der Waals surface area (Å²) >= 11 is 0. The predicted octanol–water partition coefficient (Wildman–Crippen LogP) is 1.84. The molecule has 17 heavy (non-hydrogen) atoms. The van der Waals surface area contributed by atoms with Gasteiger partial charge in [-0.2, -0.15) is 0 Å². The molecule has 2 bridgehead atoms. The number of nitrogens with two attached hydrogens (primary N) is 1. The van der Waals surface area contributed by atoms with Crippen molar-refractivity contribution in [2.75, 3.05) is 13.1 Å². The molecule has 0 spiro atoms. The molecule has 2 aliphatic heterocycles. The van der Waals surface area contributed by atoms with Gasteiger partial charge in [0.25, 0.3) is 0 Å². The van der Waals surface area contributed by atoms with Crippen LogP contribution in [-0.2, 0) is 4.74 Å². The van der Waals surface area contributed by atoms with E-state index >= 15 is 0 Å². The smallest absolute Gasteiger partial charge is 0.410 e. The fourth-order valence-electron chi connectivity index (χ4n) is 3.19. The van der Waals surface area contributed by atoms with Crippen molar-refractivity contribution in [2.24, 2.45) is 23.5 Å². The molecule has 98 valence electrons. The Kier molecular flexibility index (Phi) is 3.10. The van der Waals surface area contributed by atoms with E-state index in [1.807, 2.05) is 25.7 Å². The van der Waals surface area contributed by atoms with Crippen LogP contribution in [0.2, 0.25) is 0 Å². The SMILES string of the molecule is CC(CN)C1[C@H]2C[C@@H]1N(C(=O)OC(C)(C)C)C2. The maximum absolute atomic E-state index is 12.0. The largest absolute Gasteiger partial charge is 0.444 e. The molecule has 2 saturated heterocycles. The quantitative estimate of drug-likeness (QED) is 0.801. The van der Waals surface area contributed by atoms with Crippen LogP contribution in [0, 0.1) is 17.8 Å². The van der Waals surface area contributed by atoms with Crippen molar-refractivity contribution in [3.8, 4) is 0 Å².